The summed E-state index contributed by atoms with van der Waals surface area (Å²) in [5.41, 5.74) is 1.85. The maximum Gasteiger partial charge on any atom is 0.0998 e. The van der Waals surface area contributed by atoms with Crippen LogP contribution in [-0.2, 0) is 0 Å². The summed E-state index contributed by atoms with van der Waals surface area (Å²) < 4.78 is 0. The highest BCUT2D eigenvalue weighted by atomic mass is 14.9. The third kappa shape index (κ3) is 2.71. The molecule has 0 aliphatic rings. The molecule has 2 atom stereocenters. The van der Waals surface area contributed by atoms with Crippen molar-refractivity contribution in [2.24, 2.45) is 5.92 Å². The predicted octanol–water partition coefficient (Wildman–Crippen LogP) is 4.56. The fourth-order valence-corrected chi connectivity index (χ4v) is 2.26. The van der Waals surface area contributed by atoms with E-state index in [1.54, 1.807) is 0 Å². The van der Waals surface area contributed by atoms with E-state index in [0.717, 1.165) is 28.4 Å². The number of nitriles is 1. The standard InChI is InChI=1S/C17H20N2/c1-4-12(2)13(3)19-17-10-9-14(11-18)15-7-5-6-8-16(15)17/h5-10,12-13,19H,4H2,1-3H3. The normalized spacial score (nSPS) is 13.8. The highest BCUT2D eigenvalue weighted by Gasteiger charge is 2.12. The SMILES string of the molecule is CCC(C)C(C)Nc1ccc(C#N)c2ccccc12. The summed E-state index contributed by atoms with van der Waals surface area (Å²) in [5.74, 6) is 0.620. The minimum Gasteiger partial charge on any atom is -0.382 e. The van der Waals surface area contributed by atoms with Crippen LogP contribution in [0.1, 0.15) is 32.8 Å². The average Bonchev–Trinajstić information content (AvgIpc) is 2.46. The first-order valence-electron chi connectivity index (χ1n) is 6.85. The van der Waals surface area contributed by atoms with Gasteiger partial charge in [-0.1, -0.05) is 44.5 Å². The van der Waals surface area contributed by atoms with Crippen molar-refractivity contribution in [1.29, 1.82) is 5.26 Å². The Labute approximate surface area is 115 Å². The van der Waals surface area contributed by atoms with E-state index in [4.69, 9.17) is 5.26 Å². The largest absolute Gasteiger partial charge is 0.382 e. The molecule has 19 heavy (non-hydrogen) atoms. The monoisotopic (exact) mass is 252 g/mol. The van der Waals surface area contributed by atoms with Crippen molar-refractivity contribution in [2.45, 2.75) is 33.2 Å². The summed E-state index contributed by atoms with van der Waals surface area (Å²) in [4.78, 5) is 0. The third-order valence-corrected chi connectivity index (χ3v) is 3.93. The van der Waals surface area contributed by atoms with Crippen molar-refractivity contribution in [3.8, 4) is 6.07 Å². The summed E-state index contributed by atoms with van der Waals surface area (Å²) in [6.07, 6.45) is 1.16. The molecule has 0 saturated heterocycles. The number of nitrogens with zero attached hydrogens (tertiary/aromatic N) is 1. The van der Waals surface area contributed by atoms with Crippen molar-refractivity contribution >= 4 is 16.5 Å². The Morgan fingerprint density at radius 1 is 1.11 bits per heavy atom. The molecule has 98 valence electrons. The molecule has 0 aliphatic heterocycles. The molecule has 2 unspecified atom stereocenters. The van der Waals surface area contributed by atoms with Crippen LogP contribution in [0, 0.1) is 17.2 Å². The van der Waals surface area contributed by atoms with Gasteiger partial charge in [-0.15, -0.1) is 0 Å². The van der Waals surface area contributed by atoms with Gasteiger partial charge in [-0.3, -0.25) is 0 Å². The Bertz CT molecular complexity index is 610. The van der Waals surface area contributed by atoms with Crippen LogP contribution in [-0.4, -0.2) is 6.04 Å². The van der Waals surface area contributed by atoms with Crippen molar-refractivity contribution in [3.05, 3.63) is 42.0 Å². The van der Waals surface area contributed by atoms with Crippen molar-refractivity contribution < 1.29 is 0 Å². The molecule has 0 heterocycles. The van der Waals surface area contributed by atoms with Crippen LogP contribution >= 0.6 is 0 Å². The van der Waals surface area contributed by atoms with E-state index in [-0.39, 0.29) is 0 Å². The lowest BCUT2D eigenvalue weighted by Crippen LogP contribution is -2.23. The molecule has 0 saturated carbocycles. The summed E-state index contributed by atoms with van der Waals surface area (Å²) in [6, 6.07) is 14.7. The second kappa shape index (κ2) is 5.75. The van der Waals surface area contributed by atoms with Crippen LogP contribution in [0.5, 0.6) is 0 Å². The fraction of sp³-hybridized carbons (Fsp3) is 0.353. The molecule has 2 rings (SSSR count). The van der Waals surface area contributed by atoms with E-state index in [1.807, 2.05) is 30.3 Å². The summed E-state index contributed by atoms with van der Waals surface area (Å²) in [7, 11) is 0. The second-order valence-electron chi connectivity index (χ2n) is 5.14. The zero-order valence-electron chi connectivity index (χ0n) is 11.8. The van der Waals surface area contributed by atoms with Crippen molar-refractivity contribution in [1.82, 2.24) is 0 Å². The van der Waals surface area contributed by atoms with E-state index < -0.39 is 0 Å². The zero-order valence-corrected chi connectivity index (χ0v) is 11.8. The zero-order chi connectivity index (χ0) is 13.8. The number of hydrogen-bond donors (Lipinski definition) is 1. The van der Waals surface area contributed by atoms with Gasteiger partial charge in [-0.05, 0) is 25.0 Å². The first-order chi connectivity index (χ1) is 9.17. The smallest absolute Gasteiger partial charge is 0.0998 e. The second-order valence-corrected chi connectivity index (χ2v) is 5.14. The minimum absolute atomic E-state index is 0.418. The molecule has 0 fully saturated rings. The van der Waals surface area contributed by atoms with Gasteiger partial charge < -0.3 is 5.32 Å². The Morgan fingerprint density at radius 3 is 2.42 bits per heavy atom. The number of rotatable bonds is 4. The maximum atomic E-state index is 9.16. The van der Waals surface area contributed by atoms with Gasteiger partial charge in [0.25, 0.3) is 0 Å². The van der Waals surface area contributed by atoms with Crippen molar-refractivity contribution in [3.63, 3.8) is 0 Å². The Balaban J connectivity index is 2.43. The Hall–Kier alpha value is -2.01. The van der Waals surface area contributed by atoms with Crippen LogP contribution in [0.4, 0.5) is 5.69 Å². The quantitative estimate of drug-likeness (QED) is 0.866. The number of nitrogens with one attached hydrogen (secondary N) is 1. The first-order valence-corrected chi connectivity index (χ1v) is 6.85. The molecule has 0 amide bonds. The molecule has 2 aromatic carbocycles. The van der Waals surface area contributed by atoms with E-state index >= 15 is 0 Å². The number of anilines is 1. The van der Waals surface area contributed by atoms with Gasteiger partial charge in [0.2, 0.25) is 0 Å². The van der Waals surface area contributed by atoms with Crippen LogP contribution in [0.15, 0.2) is 36.4 Å². The van der Waals surface area contributed by atoms with Gasteiger partial charge in [0.05, 0.1) is 11.6 Å². The van der Waals surface area contributed by atoms with Gasteiger partial charge in [-0.25, -0.2) is 0 Å². The van der Waals surface area contributed by atoms with Crippen LogP contribution < -0.4 is 5.32 Å². The van der Waals surface area contributed by atoms with E-state index in [9.17, 15) is 0 Å². The number of benzene rings is 2. The lowest BCUT2D eigenvalue weighted by atomic mass is 9.99. The molecule has 2 heteroatoms. The summed E-state index contributed by atoms with van der Waals surface area (Å²) >= 11 is 0. The van der Waals surface area contributed by atoms with Crippen LogP contribution in [0.25, 0.3) is 10.8 Å². The molecule has 0 radical (unpaired) electrons. The van der Waals surface area contributed by atoms with E-state index in [1.165, 1.54) is 0 Å². The van der Waals surface area contributed by atoms with Gasteiger partial charge in [0.1, 0.15) is 0 Å². The minimum atomic E-state index is 0.418. The molecule has 2 aromatic rings. The van der Waals surface area contributed by atoms with Crippen molar-refractivity contribution in [2.75, 3.05) is 5.32 Å². The highest BCUT2D eigenvalue weighted by molar-refractivity contribution is 5.97. The molecular formula is C17H20N2. The number of hydrogen-bond acceptors (Lipinski definition) is 2. The lowest BCUT2D eigenvalue weighted by molar-refractivity contribution is 0.495. The molecule has 2 nitrogen and oxygen atoms in total. The molecule has 0 bridgehead atoms. The molecule has 1 N–H and O–H groups in total. The lowest BCUT2D eigenvalue weighted by Gasteiger charge is -2.22. The van der Waals surface area contributed by atoms with E-state index in [2.05, 4.69) is 38.2 Å². The van der Waals surface area contributed by atoms with Crippen LogP contribution in [0.2, 0.25) is 0 Å². The third-order valence-electron chi connectivity index (χ3n) is 3.93. The summed E-state index contributed by atoms with van der Waals surface area (Å²) in [6.45, 7) is 6.67. The molecule has 0 aliphatic carbocycles. The van der Waals surface area contributed by atoms with E-state index in [0.29, 0.717) is 12.0 Å². The predicted molar refractivity (Wildman–Crippen MR) is 81.2 cm³/mol. The Morgan fingerprint density at radius 2 is 1.79 bits per heavy atom. The molecule has 0 aromatic heterocycles. The molecular weight excluding hydrogens is 232 g/mol. The fourth-order valence-electron chi connectivity index (χ4n) is 2.26. The van der Waals surface area contributed by atoms with Gasteiger partial charge >= 0.3 is 0 Å². The topological polar surface area (TPSA) is 35.8 Å². The number of fused-ring (bicyclic) bond motifs is 1. The van der Waals surface area contributed by atoms with Gasteiger partial charge in [0.15, 0.2) is 0 Å². The van der Waals surface area contributed by atoms with Gasteiger partial charge in [-0.2, -0.15) is 5.26 Å². The molecule has 0 spiro atoms. The van der Waals surface area contributed by atoms with Gasteiger partial charge in [0, 0.05) is 22.5 Å². The summed E-state index contributed by atoms with van der Waals surface area (Å²) in [5, 5.41) is 14.9. The highest BCUT2D eigenvalue weighted by Crippen LogP contribution is 2.27. The Kier molecular flexibility index (Phi) is 4.06. The average molecular weight is 252 g/mol. The van der Waals surface area contributed by atoms with Crippen LogP contribution in [0.3, 0.4) is 0 Å². The maximum absolute atomic E-state index is 9.16. The first kappa shape index (κ1) is 13.4.